The van der Waals surface area contributed by atoms with Crippen LogP contribution in [0.1, 0.15) is 43.1 Å². The van der Waals surface area contributed by atoms with Gasteiger partial charge in [0.05, 0.1) is 11.4 Å². The van der Waals surface area contributed by atoms with Crippen LogP contribution in [0.3, 0.4) is 0 Å². The van der Waals surface area contributed by atoms with Gasteiger partial charge in [0.2, 0.25) is 11.8 Å². The number of carbonyl (C=O) groups excluding carboxylic acids is 2. The number of hydrogen-bond donors (Lipinski definition) is 1. The molecule has 2 aromatic rings. The molecule has 1 aliphatic heterocycles. The van der Waals surface area contributed by atoms with E-state index in [1.165, 1.54) is 17.7 Å². The first-order chi connectivity index (χ1) is 12.1. The number of piperidine rings is 1. The van der Waals surface area contributed by atoms with Gasteiger partial charge < -0.3 is 0 Å². The molecule has 2 heterocycles. The molecular weight excluding hydrogens is 314 g/mol. The molecule has 1 aliphatic carbocycles. The number of benzene rings is 1. The minimum Gasteiger partial charge on any atom is -0.296 e. The van der Waals surface area contributed by atoms with E-state index < -0.39 is 0 Å². The van der Waals surface area contributed by atoms with Gasteiger partial charge in [-0.25, -0.2) is 4.68 Å². The molecule has 25 heavy (non-hydrogen) atoms. The molecule has 0 saturated carbocycles. The highest BCUT2D eigenvalue weighted by Crippen LogP contribution is 2.32. The molecule has 1 saturated heterocycles. The first kappa shape index (κ1) is 16.1. The highest BCUT2D eigenvalue weighted by molar-refractivity contribution is 5.97. The van der Waals surface area contributed by atoms with Crippen LogP contribution in [0, 0.1) is 11.8 Å². The first-order valence-electron chi connectivity index (χ1n) is 9.08. The van der Waals surface area contributed by atoms with Gasteiger partial charge in [-0.05, 0) is 55.2 Å². The smallest absolute Gasteiger partial charge is 0.226 e. The molecule has 0 bridgehead atoms. The molecule has 1 aromatic carbocycles. The Bertz CT molecular complexity index is 794. The van der Waals surface area contributed by atoms with Crippen LogP contribution in [0.4, 0.5) is 0 Å². The number of imide groups is 1. The van der Waals surface area contributed by atoms with Crippen LogP contribution < -0.4 is 5.32 Å². The Kier molecular flexibility index (Phi) is 4.15. The Balaban J connectivity index is 1.69. The van der Waals surface area contributed by atoms with Crippen LogP contribution in [0.25, 0.3) is 5.69 Å². The fourth-order valence-corrected chi connectivity index (χ4v) is 4.08. The normalized spacial score (nSPS) is 21.1. The van der Waals surface area contributed by atoms with Crippen LogP contribution >= 0.6 is 0 Å². The lowest BCUT2D eigenvalue weighted by molar-refractivity contribution is -0.134. The summed E-state index contributed by atoms with van der Waals surface area (Å²) in [4.78, 5) is 23.4. The van der Waals surface area contributed by atoms with Crippen LogP contribution in [-0.4, -0.2) is 21.6 Å². The third-order valence-electron chi connectivity index (χ3n) is 5.31. The third-order valence-corrected chi connectivity index (χ3v) is 5.31. The molecule has 5 heteroatoms. The molecule has 1 fully saturated rings. The van der Waals surface area contributed by atoms with E-state index in [0.717, 1.165) is 24.2 Å². The number of amides is 2. The molecule has 1 unspecified atom stereocenters. The van der Waals surface area contributed by atoms with Gasteiger partial charge in [0.1, 0.15) is 0 Å². The summed E-state index contributed by atoms with van der Waals surface area (Å²) in [6.45, 7) is 2.28. The maximum absolute atomic E-state index is 11.7. The van der Waals surface area contributed by atoms with E-state index in [-0.39, 0.29) is 17.7 Å². The van der Waals surface area contributed by atoms with Crippen molar-refractivity contribution in [2.45, 2.75) is 45.4 Å². The van der Waals surface area contributed by atoms with Crippen LogP contribution in [0.2, 0.25) is 0 Å². The predicted octanol–water partition coefficient (Wildman–Crippen LogP) is 2.59. The van der Waals surface area contributed by atoms with Gasteiger partial charge in [-0.2, -0.15) is 5.10 Å². The van der Waals surface area contributed by atoms with Gasteiger partial charge in [0.25, 0.3) is 0 Å². The minimum absolute atomic E-state index is 0.0571. The van der Waals surface area contributed by atoms with Crippen LogP contribution in [-0.2, 0) is 28.9 Å². The van der Waals surface area contributed by atoms with E-state index in [2.05, 4.69) is 29.1 Å². The summed E-state index contributed by atoms with van der Waals surface area (Å²) in [7, 11) is 0. The molecule has 4 rings (SSSR count). The van der Waals surface area contributed by atoms with Crippen molar-refractivity contribution >= 4 is 11.8 Å². The predicted molar refractivity (Wildman–Crippen MR) is 94.3 cm³/mol. The zero-order chi connectivity index (χ0) is 17.4. The molecule has 2 aliphatic rings. The number of para-hydroxylation sites is 1. The Morgan fingerprint density at radius 3 is 2.56 bits per heavy atom. The maximum atomic E-state index is 11.7. The van der Waals surface area contributed by atoms with Crippen molar-refractivity contribution in [3.05, 3.63) is 47.3 Å². The van der Waals surface area contributed by atoms with Gasteiger partial charge in [-0.1, -0.05) is 25.1 Å². The molecule has 130 valence electrons. The number of fused-ring (bicyclic) bond motifs is 1. The lowest BCUT2D eigenvalue weighted by atomic mass is 9.84. The zero-order valence-corrected chi connectivity index (χ0v) is 14.5. The summed E-state index contributed by atoms with van der Waals surface area (Å²) >= 11 is 0. The number of nitrogens with zero attached hydrogens (tertiary/aromatic N) is 2. The zero-order valence-electron chi connectivity index (χ0n) is 14.5. The molecular formula is C20H23N3O2. The molecule has 0 spiro atoms. The largest absolute Gasteiger partial charge is 0.296 e. The fraction of sp³-hybridized carbons (Fsp3) is 0.450. The van der Waals surface area contributed by atoms with Gasteiger partial charge in [-0.3, -0.25) is 14.9 Å². The van der Waals surface area contributed by atoms with E-state index in [9.17, 15) is 9.59 Å². The highest BCUT2D eigenvalue weighted by Gasteiger charge is 2.30. The molecule has 2 amide bonds. The number of nitrogens with one attached hydrogen (secondary N) is 1. The van der Waals surface area contributed by atoms with Crippen molar-refractivity contribution in [1.29, 1.82) is 0 Å². The Hall–Kier alpha value is -2.43. The van der Waals surface area contributed by atoms with E-state index in [1.54, 1.807) is 0 Å². The second-order valence-electron chi connectivity index (χ2n) is 7.42. The highest BCUT2D eigenvalue weighted by atomic mass is 16.2. The standard InChI is InChI=1S/C20H23N3O2/c1-13-7-8-18-16(9-13)17(10-14-11-19(24)21-20(25)12-14)22-23(18)15-5-3-2-4-6-15/h2-6,13-14H,7-12H2,1H3,(H,21,24,25). The third kappa shape index (κ3) is 3.23. The molecule has 1 aromatic heterocycles. The summed E-state index contributed by atoms with van der Waals surface area (Å²) in [6, 6.07) is 10.2. The average Bonchev–Trinajstić information content (AvgIpc) is 2.92. The van der Waals surface area contributed by atoms with Gasteiger partial charge in [-0.15, -0.1) is 0 Å². The summed E-state index contributed by atoms with van der Waals surface area (Å²) < 4.78 is 2.07. The topological polar surface area (TPSA) is 64.0 Å². The average molecular weight is 337 g/mol. The Morgan fingerprint density at radius 2 is 1.84 bits per heavy atom. The molecule has 0 radical (unpaired) electrons. The number of carbonyl (C=O) groups is 2. The summed E-state index contributed by atoms with van der Waals surface area (Å²) in [5.74, 6) is 0.384. The van der Waals surface area contributed by atoms with Crippen LogP contribution in [0.15, 0.2) is 30.3 Å². The fourth-order valence-electron chi connectivity index (χ4n) is 4.08. The van der Waals surface area contributed by atoms with Crippen molar-refractivity contribution in [2.24, 2.45) is 11.8 Å². The Morgan fingerprint density at radius 1 is 1.12 bits per heavy atom. The van der Waals surface area contributed by atoms with Crippen molar-refractivity contribution in [3.8, 4) is 5.69 Å². The number of hydrogen-bond acceptors (Lipinski definition) is 3. The van der Waals surface area contributed by atoms with Gasteiger partial charge >= 0.3 is 0 Å². The lowest BCUT2D eigenvalue weighted by Crippen LogP contribution is -2.39. The summed E-state index contributed by atoms with van der Waals surface area (Å²) in [5.41, 5.74) is 4.78. The minimum atomic E-state index is -0.161. The van der Waals surface area contributed by atoms with E-state index >= 15 is 0 Å². The monoisotopic (exact) mass is 337 g/mol. The second-order valence-corrected chi connectivity index (χ2v) is 7.42. The first-order valence-corrected chi connectivity index (χ1v) is 9.08. The van der Waals surface area contributed by atoms with E-state index in [1.807, 2.05) is 18.2 Å². The van der Waals surface area contributed by atoms with Crippen molar-refractivity contribution in [3.63, 3.8) is 0 Å². The van der Waals surface area contributed by atoms with Gasteiger partial charge in [0.15, 0.2) is 0 Å². The molecule has 1 atom stereocenters. The number of rotatable bonds is 3. The molecule has 1 N–H and O–H groups in total. The molecule has 5 nitrogen and oxygen atoms in total. The summed E-state index contributed by atoms with van der Waals surface area (Å²) in [6.07, 6.45) is 4.76. The maximum Gasteiger partial charge on any atom is 0.226 e. The van der Waals surface area contributed by atoms with E-state index in [4.69, 9.17) is 5.10 Å². The van der Waals surface area contributed by atoms with Crippen LogP contribution in [0.5, 0.6) is 0 Å². The van der Waals surface area contributed by atoms with Crippen molar-refractivity contribution < 1.29 is 9.59 Å². The van der Waals surface area contributed by atoms with Crippen molar-refractivity contribution in [2.75, 3.05) is 0 Å². The SMILES string of the molecule is CC1CCc2c(c(CC3CC(=O)NC(=O)C3)nn2-c2ccccc2)C1. The van der Waals surface area contributed by atoms with Crippen molar-refractivity contribution in [1.82, 2.24) is 15.1 Å². The Labute approximate surface area is 147 Å². The summed E-state index contributed by atoms with van der Waals surface area (Å²) in [5, 5.41) is 7.31. The lowest BCUT2D eigenvalue weighted by Gasteiger charge is -2.22. The second kappa shape index (κ2) is 6.47. The van der Waals surface area contributed by atoms with E-state index in [0.29, 0.717) is 25.2 Å². The number of aromatic nitrogens is 2. The quantitative estimate of drug-likeness (QED) is 0.876. The van der Waals surface area contributed by atoms with Gasteiger partial charge in [0, 0.05) is 18.5 Å².